The first kappa shape index (κ1) is 9.71. The van der Waals surface area contributed by atoms with Crippen molar-refractivity contribution >= 4 is 6.01 Å². The van der Waals surface area contributed by atoms with Crippen molar-refractivity contribution in [2.24, 2.45) is 0 Å². The topological polar surface area (TPSA) is 51.0 Å². The molecule has 1 heterocycles. The van der Waals surface area contributed by atoms with Crippen molar-refractivity contribution in [3.63, 3.8) is 0 Å². The second-order valence-corrected chi connectivity index (χ2v) is 3.31. The molecule has 4 heteroatoms. The van der Waals surface area contributed by atoms with Crippen LogP contribution in [0.1, 0.15) is 12.5 Å². The number of aryl methyl sites for hydroxylation is 1. The predicted molar refractivity (Wildman–Crippen MR) is 58.6 cm³/mol. The normalized spacial score (nSPS) is 10.3. The largest absolute Gasteiger partial charge is 0.403 e. The molecule has 0 unspecified atom stereocenters. The van der Waals surface area contributed by atoms with Crippen molar-refractivity contribution in [2.45, 2.75) is 13.8 Å². The van der Waals surface area contributed by atoms with Gasteiger partial charge in [0.15, 0.2) is 0 Å². The summed E-state index contributed by atoms with van der Waals surface area (Å²) in [6.07, 6.45) is 0. The van der Waals surface area contributed by atoms with Crippen LogP contribution in [0.3, 0.4) is 0 Å². The van der Waals surface area contributed by atoms with E-state index in [0.29, 0.717) is 11.9 Å². The highest BCUT2D eigenvalue weighted by molar-refractivity contribution is 5.54. The summed E-state index contributed by atoms with van der Waals surface area (Å²) in [7, 11) is 0. The summed E-state index contributed by atoms with van der Waals surface area (Å²) in [5.74, 6) is 0.551. The number of benzene rings is 1. The molecule has 15 heavy (non-hydrogen) atoms. The lowest BCUT2D eigenvalue weighted by molar-refractivity contribution is 0.582. The number of aromatic nitrogens is 2. The molecule has 0 aliphatic heterocycles. The average molecular weight is 203 g/mol. The summed E-state index contributed by atoms with van der Waals surface area (Å²) >= 11 is 0. The molecule has 0 radical (unpaired) electrons. The minimum Gasteiger partial charge on any atom is -0.403 e. The van der Waals surface area contributed by atoms with Gasteiger partial charge in [-0.25, -0.2) is 0 Å². The van der Waals surface area contributed by atoms with Crippen molar-refractivity contribution in [2.75, 3.05) is 11.9 Å². The number of hydrogen-bond donors (Lipinski definition) is 1. The molecule has 1 N–H and O–H groups in total. The highest BCUT2D eigenvalue weighted by atomic mass is 16.4. The van der Waals surface area contributed by atoms with Gasteiger partial charge >= 0.3 is 6.01 Å². The Balaban J connectivity index is 2.29. The molecule has 0 aliphatic rings. The number of nitrogens with one attached hydrogen (secondary N) is 1. The highest BCUT2D eigenvalue weighted by Crippen LogP contribution is 2.20. The van der Waals surface area contributed by atoms with E-state index in [4.69, 9.17) is 4.42 Å². The number of hydrogen-bond acceptors (Lipinski definition) is 4. The maximum Gasteiger partial charge on any atom is 0.315 e. The van der Waals surface area contributed by atoms with Gasteiger partial charge in [-0.05, 0) is 26.0 Å². The summed E-state index contributed by atoms with van der Waals surface area (Å²) in [6, 6.07) is 8.45. The first-order valence-corrected chi connectivity index (χ1v) is 4.94. The van der Waals surface area contributed by atoms with E-state index in [1.807, 2.05) is 38.1 Å². The summed E-state index contributed by atoms with van der Waals surface area (Å²) < 4.78 is 5.43. The van der Waals surface area contributed by atoms with E-state index in [2.05, 4.69) is 15.5 Å². The predicted octanol–water partition coefficient (Wildman–Crippen LogP) is 2.48. The third-order valence-electron chi connectivity index (χ3n) is 2.02. The fourth-order valence-electron chi connectivity index (χ4n) is 1.34. The Kier molecular flexibility index (Phi) is 2.67. The van der Waals surface area contributed by atoms with Crippen LogP contribution in [-0.2, 0) is 0 Å². The lowest BCUT2D eigenvalue weighted by Crippen LogP contribution is -1.95. The molecule has 4 nitrogen and oxygen atoms in total. The van der Waals surface area contributed by atoms with Gasteiger partial charge in [-0.15, -0.1) is 5.10 Å². The van der Waals surface area contributed by atoms with E-state index in [1.165, 1.54) is 5.56 Å². The smallest absolute Gasteiger partial charge is 0.315 e. The van der Waals surface area contributed by atoms with Gasteiger partial charge in [-0.2, -0.15) is 0 Å². The summed E-state index contributed by atoms with van der Waals surface area (Å²) in [6.45, 7) is 4.79. The Morgan fingerprint density at radius 2 is 2.20 bits per heavy atom. The third kappa shape index (κ3) is 2.15. The molecule has 1 aromatic carbocycles. The summed E-state index contributed by atoms with van der Waals surface area (Å²) in [5.41, 5.74) is 2.13. The lowest BCUT2D eigenvalue weighted by atomic mass is 10.1. The Hall–Kier alpha value is -1.84. The second-order valence-electron chi connectivity index (χ2n) is 3.31. The van der Waals surface area contributed by atoms with E-state index in [1.54, 1.807) is 0 Å². The molecule has 0 spiro atoms. The quantitative estimate of drug-likeness (QED) is 0.832. The molecule has 0 atom stereocenters. The van der Waals surface area contributed by atoms with E-state index in [9.17, 15) is 0 Å². The molecular formula is C11H13N3O. The minimum atomic E-state index is 0.467. The van der Waals surface area contributed by atoms with Gasteiger partial charge in [-0.1, -0.05) is 22.8 Å². The third-order valence-corrected chi connectivity index (χ3v) is 2.02. The summed E-state index contributed by atoms with van der Waals surface area (Å²) in [5, 5.41) is 10.8. The lowest BCUT2D eigenvalue weighted by Gasteiger charge is -1.96. The van der Waals surface area contributed by atoms with Crippen LogP contribution in [0.25, 0.3) is 11.5 Å². The molecule has 0 amide bonds. The fourth-order valence-corrected chi connectivity index (χ4v) is 1.34. The van der Waals surface area contributed by atoms with Crippen LogP contribution in [0.5, 0.6) is 0 Å². The molecule has 0 bridgehead atoms. The van der Waals surface area contributed by atoms with Crippen LogP contribution in [0.4, 0.5) is 6.01 Å². The van der Waals surface area contributed by atoms with E-state index < -0.39 is 0 Å². The Labute approximate surface area is 88.3 Å². The van der Waals surface area contributed by atoms with E-state index >= 15 is 0 Å². The van der Waals surface area contributed by atoms with Crippen molar-refractivity contribution in [1.82, 2.24) is 10.2 Å². The minimum absolute atomic E-state index is 0.467. The SMILES string of the molecule is CCNc1nnc(-c2cccc(C)c2)o1. The Morgan fingerprint density at radius 1 is 1.33 bits per heavy atom. The van der Waals surface area contributed by atoms with Gasteiger partial charge in [0.1, 0.15) is 0 Å². The zero-order valence-electron chi connectivity index (χ0n) is 8.82. The fraction of sp³-hybridized carbons (Fsp3) is 0.273. The van der Waals surface area contributed by atoms with Gasteiger partial charge in [0.25, 0.3) is 0 Å². The number of nitrogens with zero attached hydrogens (tertiary/aromatic N) is 2. The summed E-state index contributed by atoms with van der Waals surface area (Å²) in [4.78, 5) is 0. The maximum absolute atomic E-state index is 5.43. The van der Waals surface area contributed by atoms with Gasteiger partial charge < -0.3 is 9.73 Å². The van der Waals surface area contributed by atoms with Crippen LogP contribution in [0.2, 0.25) is 0 Å². The molecular weight excluding hydrogens is 190 g/mol. The monoisotopic (exact) mass is 203 g/mol. The van der Waals surface area contributed by atoms with Gasteiger partial charge in [0.2, 0.25) is 5.89 Å². The van der Waals surface area contributed by atoms with Crippen LogP contribution >= 0.6 is 0 Å². The van der Waals surface area contributed by atoms with Gasteiger partial charge in [0, 0.05) is 12.1 Å². The van der Waals surface area contributed by atoms with Crippen LogP contribution in [0.15, 0.2) is 28.7 Å². The van der Waals surface area contributed by atoms with Gasteiger partial charge in [-0.3, -0.25) is 0 Å². The zero-order valence-corrected chi connectivity index (χ0v) is 8.82. The Morgan fingerprint density at radius 3 is 2.93 bits per heavy atom. The molecule has 0 saturated heterocycles. The number of rotatable bonds is 3. The molecule has 0 aliphatic carbocycles. The van der Waals surface area contributed by atoms with Crippen molar-refractivity contribution in [3.05, 3.63) is 29.8 Å². The first-order valence-electron chi connectivity index (χ1n) is 4.94. The highest BCUT2D eigenvalue weighted by Gasteiger charge is 2.06. The van der Waals surface area contributed by atoms with E-state index in [-0.39, 0.29) is 0 Å². The van der Waals surface area contributed by atoms with Gasteiger partial charge in [0.05, 0.1) is 0 Å². The van der Waals surface area contributed by atoms with E-state index in [0.717, 1.165) is 12.1 Å². The number of anilines is 1. The second kappa shape index (κ2) is 4.13. The molecule has 78 valence electrons. The van der Waals surface area contributed by atoms with Crippen molar-refractivity contribution in [1.29, 1.82) is 0 Å². The zero-order chi connectivity index (χ0) is 10.7. The maximum atomic E-state index is 5.43. The average Bonchev–Trinajstić information content (AvgIpc) is 2.67. The molecule has 1 aromatic heterocycles. The molecule has 0 fully saturated rings. The van der Waals surface area contributed by atoms with Crippen LogP contribution in [-0.4, -0.2) is 16.7 Å². The molecule has 2 rings (SSSR count). The first-order chi connectivity index (χ1) is 7.29. The van der Waals surface area contributed by atoms with Crippen molar-refractivity contribution in [3.8, 4) is 11.5 Å². The molecule has 2 aromatic rings. The van der Waals surface area contributed by atoms with Crippen LogP contribution < -0.4 is 5.32 Å². The molecule has 0 saturated carbocycles. The van der Waals surface area contributed by atoms with Crippen LogP contribution in [0, 0.1) is 6.92 Å². The Bertz CT molecular complexity index is 451. The standard InChI is InChI=1S/C11H13N3O/c1-3-12-11-14-13-10(15-11)9-6-4-5-8(2)7-9/h4-7H,3H2,1-2H3,(H,12,14). The van der Waals surface area contributed by atoms with Crippen molar-refractivity contribution < 1.29 is 4.42 Å².